The van der Waals surface area contributed by atoms with E-state index in [9.17, 15) is 4.79 Å². The normalized spacial score (nSPS) is 18.4. The van der Waals surface area contributed by atoms with E-state index >= 15 is 0 Å². The first-order valence-electron chi connectivity index (χ1n) is 9.14. The lowest BCUT2D eigenvalue weighted by Crippen LogP contribution is -2.51. The Labute approximate surface area is 152 Å². The molecule has 0 aliphatic carbocycles. The van der Waals surface area contributed by atoms with Gasteiger partial charge in [-0.05, 0) is 45.8 Å². The zero-order chi connectivity index (χ0) is 19.0. The Morgan fingerprint density at radius 2 is 1.76 bits per heavy atom. The number of methoxy groups -OCH3 is 1. The molecule has 25 heavy (non-hydrogen) atoms. The minimum absolute atomic E-state index is 0.0831. The number of rotatable bonds is 5. The number of ether oxygens (including phenoxy) is 2. The fourth-order valence-corrected chi connectivity index (χ4v) is 2.74. The molecule has 0 aromatic heterocycles. The molecule has 1 atom stereocenters. The molecule has 0 saturated carbocycles. The van der Waals surface area contributed by atoms with Crippen molar-refractivity contribution in [1.29, 1.82) is 0 Å². The van der Waals surface area contributed by atoms with Crippen LogP contribution in [-0.2, 0) is 9.47 Å². The summed E-state index contributed by atoms with van der Waals surface area (Å²) in [5, 5.41) is 0. The van der Waals surface area contributed by atoms with Gasteiger partial charge in [0.1, 0.15) is 11.4 Å². The largest absolute Gasteiger partial charge is 0.444 e. The molecular formula is C19H35N3O3. The van der Waals surface area contributed by atoms with E-state index in [4.69, 9.17) is 9.47 Å². The molecule has 0 aromatic rings. The van der Waals surface area contributed by atoms with Crippen LogP contribution in [0.2, 0.25) is 0 Å². The third-order valence-corrected chi connectivity index (χ3v) is 4.21. The van der Waals surface area contributed by atoms with E-state index in [-0.39, 0.29) is 12.2 Å². The zero-order valence-electron chi connectivity index (χ0n) is 17.0. The topological polar surface area (TPSA) is 54.4 Å². The minimum atomic E-state index is -0.460. The van der Waals surface area contributed by atoms with E-state index in [1.807, 2.05) is 27.8 Å². The van der Waals surface area contributed by atoms with Gasteiger partial charge in [0.25, 0.3) is 0 Å². The fourth-order valence-electron chi connectivity index (χ4n) is 2.74. The summed E-state index contributed by atoms with van der Waals surface area (Å²) in [6, 6.07) is 0. The van der Waals surface area contributed by atoms with E-state index in [0.29, 0.717) is 13.1 Å². The first kappa shape index (κ1) is 21.5. The lowest BCUT2D eigenvalue weighted by Gasteiger charge is -2.36. The maximum atomic E-state index is 12.2. The molecule has 1 fully saturated rings. The SMILES string of the molecule is CCC/C(=C\C(=NC)N1CCN(C(=O)OC(C)(C)C)CC1)C(C)OC. The summed E-state index contributed by atoms with van der Waals surface area (Å²) in [6.45, 7) is 12.7. The molecule has 1 saturated heterocycles. The van der Waals surface area contributed by atoms with Gasteiger partial charge in [-0.15, -0.1) is 0 Å². The number of aliphatic imine (C=N–C) groups is 1. The lowest BCUT2D eigenvalue weighted by atomic mass is 10.0. The Balaban J connectivity index is 2.71. The van der Waals surface area contributed by atoms with E-state index < -0.39 is 5.60 Å². The van der Waals surface area contributed by atoms with Crippen molar-refractivity contribution in [3.05, 3.63) is 11.6 Å². The second kappa shape index (κ2) is 9.80. The van der Waals surface area contributed by atoms with Gasteiger partial charge in [-0.1, -0.05) is 13.3 Å². The Morgan fingerprint density at radius 1 is 1.20 bits per heavy atom. The highest BCUT2D eigenvalue weighted by Gasteiger charge is 2.26. The molecule has 0 N–H and O–H groups in total. The number of nitrogens with zero attached hydrogens (tertiary/aromatic N) is 3. The van der Waals surface area contributed by atoms with Crippen LogP contribution in [0.15, 0.2) is 16.6 Å². The van der Waals surface area contributed by atoms with Crippen molar-refractivity contribution < 1.29 is 14.3 Å². The minimum Gasteiger partial charge on any atom is -0.444 e. The van der Waals surface area contributed by atoms with Gasteiger partial charge < -0.3 is 19.3 Å². The van der Waals surface area contributed by atoms with Gasteiger partial charge in [-0.3, -0.25) is 4.99 Å². The summed E-state index contributed by atoms with van der Waals surface area (Å²) in [7, 11) is 3.55. The quantitative estimate of drug-likeness (QED) is 0.562. The van der Waals surface area contributed by atoms with E-state index in [1.54, 1.807) is 12.0 Å². The molecule has 144 valence electrons. The summed E-state index contributed by atoms with van der Waals surface area (Å²) in [5.74, 6) is 0.955. The Kier molecular flexibility index (Phi) is 8.42. The number of carbonyl (C=O) groups is 1. The van der Waals surface area contributed by atoms with Crippen LogP contribution in [0, 0.1) is 0 Å². The summed E-state index contributed by atoms with van der Waals surface area (Å²) in [6.07, 6.45) is 4.05. The van der Waals surface area contributed by atoms with Crippen molar-refractivity contribution >= 4 is 11.9 Å². The highest BCUT2D eigenvalue weighted by molar-refractivity contribution is 5.93. The molecule has 0 spiro atoms. The molecule has 1 rings (SSSR count). The fraction of sp³-hybridized carbons (Fsp3) is 0.789. The lowest BCUT2D eigenvalue weighted by molar-refractivity contribution is 0.0187. The predicted molar refractivity (Wildman–Crippen MR) is 102 cm³/mol. The van der Waals surface area contributed by atoms with Crippen LogP contribution in [0.25, 0.3) is 0 Å². The number of amidine groups is 1. The van der Waals surface area contributed by atoms with Crippen molar-refractivity contribution in [1.82, 2.24) is 9.80 Å². The van der Waals surface area contributed by atoms with Crippen LogP contribution in [0.3, 0.4) is 0 Å². The molecule has 6 heteroatoms. The Morgan fingerprint density at radius 3 is 2.20 bits per heavy atom. The van der Waals surface area contributed by atoms with Gasteiger partial charge in [-0.25, -0.2) is 4.79 Å². The smallest absolute Gasteiger partial charge is 0.410 e. The van der Waals surface area contributed by atoms with E-state index in [1.165, 1.54) is 5.57 Å². The highest BCUT2D eigenvalue weighted by atomic mass is 16.6. The molecule has 6 nitrogen and oxygen atoms in total. The van der Waals surface area contributed by atoms with Crippen LogP contribution >= 0.6 is 0 Å². The van der Waals surface area contributed by atoms with Crippen LogP contribution in [-0.4, -0.2) is 73.8 Å². The first-order chi connectivity index (χ1) is 11.7. The Hall–Kier alpha value is -1.56. The van der Waals surface area contributed by atoms with Crippen molar-refractivity contribution in [2.24, 2.45) is 4.99 Å². The zero-order valence-corrected chi connectivity index (χ0v) is 17.0. The Bertz CT molecular complexity index is 487. The standard InChI is InChI=1S/C19H35N3O3/c1-8-9-16(15(2)24-7)14-17(20-6)21-10-12-22(13-11-21)18(23)25-19(3,4)5/h14-15H,8-13H2,1-7H3/b16-14+,20-17?. The van der Waals surface area contributed by atoms with Crippen LogP contribution in [0.1, 0.15) is 47.5 Å². The number of hydrogen-bond donors (Lipinski definition) is 0. The van der Waals surface area contributed by atoms with Crippen molar-refractivity contribution in [2.45, 2.75) is 59.2 Å². The average Bonchev–Trinajstić information content (AvgIpc) is 2.56. The predicted octanol–water partition coefficient (Wildman–Crippen LogP) is 3.33. The van der Waals surface area contributed by atoms with Crippen molar-refractivity contribution in [3.63, 3.8) is 0 Å². The van der Waals surface area contributed by atoms with Crippen LogP contribution < -0.4 is 0 Å². The van der Waals surface area contributed by atoms with Gasteiger partial charge >= 0.3 is 6.09 Å². The number of amides is 1. The van der Waals surface area contributed by atoms with Gasteiger partial charge in [0.15, 0.2) is 0 Å². The number of hydrogen-bond acceptors (Lipinski definition) is 4. The highest BCUT2D eigenvalue weighted by Crippen LogP contribution is 2.16. The van der Waals surface area contributed by atoms with Crippen LogP contribution in [0.5, 0.6) is 0 Å². The molecule has 1 heterocycles. The molecule has 1 amide bonds. The molecular weight excluding hydrogens is 318 g/mol. The summed E-state index contributed by atoms with van der Waals surface area (Å²) < 4.78 is 10.9. The van der Waals surface area contributed by atoms with Gasteiger partial charge in [0, 0.05) is 40.3 Å². The van der Waals surface area contributed by atoms with Gasteiger partial charge in [-0.2, -0.15) is 0 Å². The van der Waals surface area contributed by atoms with Crippen molar-refractivity contribution in [3.8, 4) is 0 Å². The second-order valence-corrected chi connectivity index (χ2v) is 7.38. The second-order valence-electron chi connectivity index (χ2n) is 7.38. The van der Waals surface area contributed by atoms with E-state index in [2.05, 4.69) is 29.8 Å². The summed E-state index contributed by atoms with van der Waals surface area (Å²) in [4.78, 5) is 20.6. The molecule has 1 unspecified atom stereocenters. The van der Waals surface area contributed by atoms with Gasteiger partial charge in [0.2, 0.25) is 0 Å². The number of carbonyl (C=O) groups excluding carboxylic acids is 1. The van der Waals surface area contributed by atoms with E-state index in [0.717, 1.165) is 31.8 Å². The van der Waals surface area contributed by atoms with Crippen molar-refractivity contribution in [2.75, 3.05) is 40.3 Å². The maximum Gasteiger partial charge on any atom is 0.410 e. The van der Waals surface area contributed by atoms with Gasteiger partial charge in [0.05, 0.1) is 6.10 Å². The summed E-state index contributed by atoms with van der Waals surface area (Å²) in [5.41, 5.74) is 0.790. The average molecular weight is 354 g/mol. The number of piperazine rings is 1. The van der Waals surface area contributed by atoms with Crippen LogP contribution in [0.4, 0.5) is 4.79 Å². The molecule has 0 bridgehead atoms. The first-order valence-corrected chi connectivity index (χ1v) is 9.14. The summed E-state index contributed by atoms with van der Waals surface area (Å²) >= 11 is 0. The molecule has 0 radical (unpaired) electrons. The molecule has 1 aliphatic rings. The monoisotopic (exact) mass is 353 g/mol. The molecule has 0 aromatic carbocycles. The third-order valence-electron chi connectivity index (χ3n) is 4.21. The molecule has 1 aliphatic heterocycles. The maximum absolute atomic E-state index is 12.2. The third kappa shape index (κ3) is 7.06.